The highest BCUT2D eigenvalue weighted by molar-refractivity contribution is 6.05. The Morgan fingerprint density at radius 3 is 2.81 bits per heavy atom. The number of ether oxygens (including phenoxy) is 1. The Bertz CT molecular complexity index is 534. The molecule has 0 unspecified atom stereocenters. The van der Waals surface area contributed by atoms with Crippen LogP contribution in [0.2, 0.25) is 0 Å². The molecular formula is C15H22N2O4. The van der Waals surface area contributed by atoms with E-state index in [1.807, 2.05) is 12.2 Å². The van der Waals surface area contributed by atoms with Crippen LogP contribution in [0.25, 0.3) is 0 Å². The van der Waals surface area contributed by atoms with Crippen molar-refractivity contribution in [1.82, 2.24) is 5.32 Å². The molecule has 1 aliphatic carbocycles. The Labute approximate surface area is 123 Å². The monoisotopic (exact) mass is 294 g/mol. The molecule has 0 spiro atoms. The fourth-order valence-corrected chi connectivity index (χ4v) is 4.01. The molecule has 4 N–H and O–H groups in total. The number of amides is 1. The van der Waals surface area contributed by atoms with Gasteiger partial charge in [-0.1, -0.05) is 19.1 Å². The van der Waals surface area contributed by atoms with E-state index in [0.29, 0.717) is 6.42 Å². The van der Waals surface area contributed by atoms with E-state index in [1.165, 1.54) is 0 Å². The van der Waals surface area contributed by atoms with Crippen LogP contribution in [0.15, 0.2) is 12.2 Å². The van der Waals surface area contributed by atoms with Crippen molar-refractivity contribution in [2.75, 3.05) is 0 Å². The van der Waals surface area contributed by atoms with E-state index >= 15 is 0 Å². The number of carbonyl (C=O) groups excluding carboxylic acids is 2. The molecule has 0 bridgehead atoms. The molecule has 2 saturated heterocycles. The second-order valence-corrected chi connectivity index (χ2v) is 6.48. The highest BCUT2D eigenvalue weighted by atomic mass is 16.6. The maximum atomic E-state index is 12.3. The predicted octanol–water partition coefficient (Wildman–Crippen LogP) is -0.00480. The zero-order valence-corrected chi connectivity index (χ0v) is 12.4. The van der Waals surface area contributed by atoms with Gasteiger partial charge in [0.2, 0.25) is 11.4 Å². The minimum atomic E-state index is -1.43. The maximum absolute atomic E-state index is 12.3. The summed E-state index contributed by atoms with van der Waals surface area (Å²) in [5.41, 5.74) is 2.27. The Morgan fingerprint density at radius 2 is 2.29 bits per heavy atom. The normalized spacial score (nSPS) is 46.4. The third-order valence-corrected chi connectivity index (χ3v) is 5.64. The van der Waals surface area contributed by atoms with Gasteiger partial charge in [-0.05, 0) is 32.6 Å². The smallest absolute Gasteiger partial charge is 0.339 e. The summed E-state index contributed by atoms with van der Waals surface area (Å²) in [5.74, 6) is -1.20. The first kappa shape index (κ1) is 14.5. The number of hydrogen-bond acceptors (Lipinski definition) is 5. The van der Waals surface area contributed by atoms with E-state index in [4.69, 9.17) is 10.5 Å². The van der Waals surface area contributed by atoms with E-state index in [2.05, 4.69) is 5.32 Å². The van der Waals surface area contributed by atoms with E-state index in [0.717, 1.165) is 19.3 Å². The highest BCUT2D eigenvalue weighted by Crippen LogP contribution is 2.54. The van der Waals surface area contributed by atoms with Crippen LogP contribution in [-0.2, 0) is 14.3 Å². The van der Waals surface area contributed by atoms with Gasteiger partial charge in [-0.3, -0.25) is 4.79 Å². The Kier molecular flexibility index (Phi) is 2.98. The predicted molar refractivity (Wildman–Crippen MR) is 75.1 cm³/mol. The van der Waals surface area contributed by atoms with Gasteiger partial charge in [-0.15, -0.1) is 0 Å². The number of rotatable bonds is 3. The lowest BCUT2D eigenvalue weighted by Gasteiger charge is -2.56. The number of aliphatic hydroxyl groups is 1. The summed E-state index contributed by atoms with van der Waals surface area (Å²) in [4.78, 5) is 24.5. The lowest BCUT2D eigenvalue weighted by Crippen LogP contribution is -2.83. The van der Waals surface area contributed by atoms with Crippen LogP contribution in [-0.4, -0.2) is 39.8 Å². The van der Waals surface area contributed by atoms with E-state index < -0.39 is 34.7 Å². The van der Waals surface area contributed by atoms with Crippen molar-refractivity contribution in [2.24, 2.45) is 11.7 Å². The first-order valence-electron chi connectivity index (χ1n) is 7.53. The van der Waals surface area contributed by atoms with Crippen LogP contribution in [0.4, 0.5) is 0 Å². The topological polar surface area (TPSA) is 102 Å². The fraction of sp³-hybridized carbons (Fsp3) is 0.733. The maximum Gasteiger partial charge on any atom is 0.339 e. The number of nitrogens with one attached hydrogen (secondary N) is 1. The zero-order valence-electron chi connectivity index (χ0n) is 12.4. The molecule has 2 heterocycles. The van der Waals surface area contributed by atoms with Crippen molar-refractivity contribution in [3.05, 3.63) is 12.2 Å². The van der Waals surface area contributed by atoms with Crippen LogP contribution >= 0.6 is 0 Å². The molecule has 3 aliphatic rings. The van der Waals surface area contributed by atoms with Crippen LogP contribution in [0.3, 0.4) is 0 Å². The summed E-state index contributed by atoms with van der Waals surface area (Å²) in [6, 6.07) is 0. The Hall–Kier alpha value is -1.40. The average molecular weight is 294 g/mol. The lowest BCUT2D eigenvalue weighted by molar-refractivity contribution is -0.240. The molecule has 6 heteroatoms. The van der Waals surface area contributed by atoms with Crippen LogP contribution in [0.5, 0.6) is 0 Å². The fourth-order valence-electron chi connectivity index (χ4n) is 4.01. The van der Waals surface area contributed by atoms with Crippen molar-refractivity contribution in [3.63, 3.8) is 0 Å². The lowest BCUT2D eigenvalue weighted by atomic mass is 9.62. The summed E-state index contributed by atoms with van der Waals surface area (Å²) in [7, 11) is 0. The van der Waals surface area contributed by atoms with Crippen molar-refractivity contribution >= 4 is 11.9 Å². The summed E-state index contributed by atoms with van der Waals surface area (Å²) < 4.78 is 5.31. The van der Waals surface area contributed by atoms with Gasteiger partial charge in [0.15, 0.2) is 5.60 Å². The minimum absolute atomic E-state index is 0.176. The number of fused-ring (bicyclic) bond motifs is 1. The number of aliphatic hydroxyl groups excluding tert-OH is 1. The molecule has 0 aromatic heterocycles. The second-order valence-electron chi connectivity index (χ2n) is 6.48. The summed E-state index contributed by atoms with van der Waals surface area (Å²) >= 11 is 0. The molecule has 0 aromatic rings. The molecule has 116 valence electrons. The number of hydrogen-bond donors (Lipinski definition) is 3. The zero-order chi connectivity index (χ0) is 15.5. The molecule has 5 atom stereocenters. The molecule has 0 saturated carbocycles. The average Bonchev–Trinajstić information content (AvgIpc) is 2.63. The molecule has 6 nitrogen and oxygen atoms in total. The molecule has 2 fully saturated rings. The molecule has 2 aliphatic heterocycles. The van der Waals surface area contributed by atoms with Crippen molar-refractivity contribution in [2.45, 2.75) is 62.3 Å². The molecular weight excluding hydrogens is 272 g/mol. The number of esters is 1. The largest absolute Gasteiger partial charge is 0.452 e. The molecule has 1 amide bonds. The van der Waals surface area contributed by atoms with Gasteiger partial charge in [0.25, 0.3) is 0 Å². The third-order valence-electron chi connectivity index (χ3n) is 5.64. The first-order valence-corrected chi connectivity index (χ1v) is 7.53. The van der Waals surface area contributed by atoms with E-state index in [9.17, 15) is 14.7 Å². The van der Waals surface area contributed by atoms with Crippen LogP contribution in [0, 0.1) is 5.92 Å². The quantitative estimate of drug-likeness (QED) is 0.502. The molecule has 0 radical (unpaired) electrons. The van der Waals surface area contributed by atoms with Gasteiger partial charge < -0.3 is 20.9 Å². The summed E-state index contributed by atoms with van der Waals surface area (Å²) in [6.45, 7) is 3.42. The Morgan fingerprint density at radius 1 is 1.57 bits per heavy atom. The molecule has 0 aromatic carbocycles. The third kappa shape index (κ3) is 1.44. The van der Waals surface area contributed by atoms with E-state index in [-0.39, 0.29) is 5.92 Å². The van der Waals surface area contributed by atoms with Crippen molar-refractivity contribution in [1.29, 1.82) is 0 Å². The first-order chi connectivity index (χ1) is 9.83. The van der Waals surface area contributed by atoms with Gasteiger partial charge in [-0.25, -0.2) is 4.79 Å². The van der Waals surface area contributed by atoms with Crippen LogP contribution < -0.4 is 11.1 Å². The summed E-state index contributed by atoms with van der Waals surface area (Å²) in [6.07, 6.45) is 5.93. The SMILES string of the molecule is CC[C@@]1(N)C(=O)N[C@@]2([C@@H](O)[C@@H]3C=CCCC3)C(=O)O[C@@]12C. The summed E-state index contributed by atoms with van der Waals surface area (Å²) in [5, 5.41) is 13.5. The number of carbonyl (C=O) groups is 2. The van der Waals surface area contributed by atoms with Gasteiger partial charge >= 0.3 is 5.97 Å². The van der Waals surface area contributed by atoms with Crippen molar-refractivity contribution in [3.8, 4) is 0 Å². The van der Waals surface area contributed by atoms with E-state index in [1.54, 1.807) is 13.8 Å². The van der Waals surface area contributed by atoms with Gasteiger partial charge in [0.1, 0.15) is 5.54 Å². The Balaban J connectivity index is 2.02. The standard InChI is InChI=1S/C15H22N2O4/c1-3-14(16)11(19)17-15(12(20)21-13(14,15)2)10(18)9-7-5-4-6-8-9/h5,7,9-10,18H,3-4,6,8,16H2,1-2H3,(H,17,19)/t9-,10+,13+,14-,15+/m1/s1. The van der Waals surface area contributed by atoms with Gasteiger partial charge in [0, 0.05) is 5.92 Å². The van der Waals surface area contributed by atoms with Gasteiger partial charge in [0.05, 0.1) is 6.10 Å². The minimum Gasteiger partial charge on any atom is -0.452 e. The van der Waals surface area contributed by atoms with Crippen LogP contribution in [0.1, 0.15) is 39.5 Å². The number of nitrogens with two attached hydrogens (primary N) is 1. The van der Waals surface area contributed by atoms with Gasteiger partial charge in [-0.2, -0.15) is 0 Å². The molecule has 21 heavy (non-hydrogen) atoms. The highest BCUT2D eigenvalue weighted by Gasteiger charge is 2.83. The number of allylic oxidation sites excluding steroid dienone is 1. The molecule has 3 rings (SSSR count). The second kappa shape index (κ2) is 4.30. The van der Waals surface area contributed by atoms with Crippen molar-refractivity contribution < 1.29 is 19.4 Å².